The molecular weight excluding hydrogens is 368 g/mol. The fourth-order valence-corrected chi connectivity index (χ4v) is 3.84. The Morgan fingerprint density at radius 1 is 1.19 bits per heavy atom. The molecule has 2 aromatic heterocycles. The Kier molecular flexibility index (Phi) is 4.88. The van der Waals surface area contributed by atoms with Crippen molar-refractivity contribution in [3.8, 4) is 0 Å². The number of amides is 1. The second kappa shape index (κ2) is 6.99. The highest BCUT2D eigenvalue weighted by Gasteiger charge is 2.20. The Morgan fingerprint density at radius 2 is 1.89 bits per heavy atom. The lowest BCUT2D eigenvalue weighted by atomic mass is 10.2. The second-order valence-electron chi connectivity index (χ2n) is 6.94. The highest BCUT2D eigenvalue weighted by molar-refractivity contribution is 7.89. The topological polar surface area (TPSA) is 103 Å². The van der Waals surface area contributed by atoms with Crippen LogP contribution in [0.3, 0.4) is 0 Å². The maximum Gasteiger partial charge on any atom is 0.413 e. The summed E-state index contributed by atoms with van der Waals surface area (Å²) in [6, 6.07) is 10.4. The largest absolute Gasteiger partial charge is 0.444 e. The quantitative estimate of drug-likeness (QED) is 0.736. The molecule has 3 rings (SSSR count). The van der Waals surface area contributed by atoms with Gasteiger partial charge in [0.05, 0.1) is 11.9 Å². The number of carbonyl (C=O) groups is 1. The van der Waals surface area contributed by atoms with E-state index < -0.39 is 21.7 Å². The molecule has 0 aliphatic rings. The maximum atomic E-state index is 12.7. The molecule has 1 amide bonds. The zero-order chi connectivity index (χ0) is 19.7. The van der Waals surface area contributed by atoms with Gasteiger partial charge in [-0.3, -0.25) is 5.32 Å². The highest BCUT2D eigenvalue weighted by atomic mass is 32.2. The number of rotatable bonds is 4. The number of anilines is 1. The van der Waals surface area contributed by atoms with Crippen molar-refractivity contribution < 1.29 is 17.9 Å². The van der Waals surface area contributed by atoms with Crippen molar-refractivity contribution in [3.05, 3.63) is 54.4 Å². The summed E-state index contributed by atoms with van der Waals surface area (Å²) in [6.45, 7) is 5.25. The smallest absolute Gasteiger partial charge is 0.413 e. The average Bonchev–Trinajstić information content (AvgIpc) is 2.97. The van der Waals surface area contributed by atoms with Gasteiger partial charge in [-0.1, -0.05) is 30.3 Å². The van der Waals surface area contributed by atoms with Crippen LogP contribution >= 0.6 is 0 Å². The molecule has 2 heterocycles. The summed E-state index contributed by atoms with van der Waals surface area (Å²) in [4.78, 5) is 20.2. The van der Waals surface area contributed by atoms with E-state index in [4.69, 9.17) is 4.74 Å². The lowest BCUT2D eigenvalue weighted by Crippen LogP contribution is -2.27. The molecule has 0 aliphatic carbocycles. The monoisotopic (exact) mass is 388 g/mol. The minimum Gasteiger partial charge on any atom is -0.444 e. The first-order chi connectivity index (χ1) is 12.6. The minimum absolute atomic E-state index is 0.156. The number of hydrogen-bond acceptors (Lipinski definition) is 6. The number of nitrogens with zero attached hydrogens (tertiary/aromatic N) is 3. The van der Waals surface area contributed by atoms with Gasteiger partial charge in [0.25, 0.3) is 0 Å². The summed E-state index contributed by atoms with van der Waals surface area (Å²) in [5.41, 5.74) is 0.576. The first-order valence-electron chi connectivity index (χ1n) is 8.25. The second-order valence-corrected chi connectivity index (χ2v) is 8.79. The molecule has 142 valence electrons. The van der Waals surface area contributed by atoms with Gasteiger partial charge < -0.3 is 4.74 Å². The minimum atomic E-state index is -3.65. The number of aromatic nitrogens is 3. The molecule has 3 aromatic rings. The van der Waals surface area contributed by atoms with E-state index >= 15 is 0 Å². The molecule has 1 N–H and O–H groups in total. The molecule has 0 atom stereocenters. The van der Waals surface area contributed by atoms with Crippen LogP contribution in [0.4, 0.5) is 10.6 Å². The van der Waals surface area contributed by atoms with Crippen LogP contribution in [0.5, 0.6) is 0 Å². The third-order valence-electron chi connectivity index (χ3n) is 3.48. The van der Waals surface area contributed by atoms with Crippen LogP contribution in [0.25, 0.3) is 11.2 Å². The summed E-state index contributed by atoms with van der Waals surface area (Å²) in [5.74, 6) is 0.0203. The molecule has 0 spiro atoms. The average molecular weight is 388 g/mol. The van der Waals surface area contributed by atoms with Crippen molar-refractivity contribution in [1.82, 2.24) is 13.9 Å². The van der Waals surface area contributed by atoms with Gasteiger partial charge in [0.1, 0.15) is 11.1 Å². The van der Waals surface area contributed by atoms with Crippen molar-refractivity contribution in [2.75, 3.05) is 5.32 Å². The van der Waals surface area contributed by atoms with Crippen LogP contribution in [0, 0.1) is 0 Å². The Labute approximate surface area is 157 Å². The van der Waals surface area contributed by atoms with Gasteiger partial charge in [-0.05, 0) is 32.4 Å². The molecule has 0 fully saturated rings. The molecule has 1 aromatic carbocycles. The van der Waals surface area contributed by atoms with Crippen LogP contribution in [0.2, 0.25) is 0 Å². The van der Waals surface area contributed by atoms with E-state index in [1.807, 2.05) is 6.07 Å². The van der Waals surface area contributed by atoms with Crippen molar-refractivity contribution in [1.29, 1.82) is 0 Å². The zero-order valence-corrected chi connectivity index (χ0v) is 16.0. The lowest BCUT2D eigenvalue weighted by molar-refractivity contribution is 0.0635. The number of fused-ring (bicyclic) bond motifs is 1. The van der Waals surface area contributed by atoms with E-state index in [0.717, 1.165) is 3.97 Å². The van der Waals surface area contributed by atoms with Gasteiger partial charge in [-0.2, -0.15) is 0 Å². The molecule has 27 heavy (non-hydrogen) atoms. The number of hydrogen-bond donors (Lipinski definition) is 1. The molecule has 0 bridgehead atoms. The molecule has 0 saturated heterocycles. The standard InChI is InChI=1S/C18H20N4O4S/c1-18(2,3)26-17(23)21-15-11-19-16-14(20-15)9-10-22(16)27(24,25)12-13-7-5-4-6-8-13/h4-11H,12H2,1-3H3,(H,20,21,23). The Balaban J connectivity index is 1.84. The van der Waals surface area contributed by atoms with E-state index in [9.17, 15) is 13.2 Å². The zero-order valence-electron chi connectivity index (χ0n) is 15.2. The number of benzene rings is 1. The van der Waals surface area contributed by atoms with Gasteiger partial charge in [0.15, 0.2) is 11.5 Å². The first kappa shape index (κ1) is 18.8. The SMILES string of the molecule is CC(C)(C)OC(=O)Nc1cnc2c(ccn2S(=O)(=O)Cc2ccccc2)n1. The Hall–Kier alpha value is -2.94. The van der Waals surface area contributed by atoms with Crippen molar-refractivity contribution in [2.24, 2.45) is 0 Å². The summed E-state index contributed by atoms with van der Waals surface area (Å²) in [5, 5.41) is 2.48. The third-order valence-corrected chi connectivity index (χ3v) is 5.07. The van der Waals surface area contributed by atoms with Crippen molar-refractivity contribution in [3.63, 3.8) is 0 Å². The van der Waals surface area contributed by atoms with E-state index in [2.05, 4.69) is 15.3 Å². The number of nitrogens with one attached hydrogen (secondary N) is 1. The summed E-state index contributed by atoms with van der Waals surface area (Å²) in [7, 11) is -3.65. The normalized spacial score (nSPS) is 12.1. The third kappa shape index (κ3) is 4.62. The molecule has 0 radical (unpaired) electrons. The van der Waals surface area contributed by atoms with Crippen molar-refractivity contribution in [2.45, 2.75) is 32.1 Å². The fourth-order valence-electron chi connectivity index (χ4n) is 2.43. The van der Waals surface area contributed by atoms with Crippen LogP contribution in [0.1, 0.15) is 26.3 Å². The van der Waals surface area contributed by atoms with Crippen molar-refractivity contribution >= 4 is 33.1 Å². The van der Waals surface area contributed by atoms with Gasteiger partial charge in [0.2, 0.25) is 10.0 Å². The van der Waals surface area contributed by atoms with E-state index in [0.29, 0.717) is 11.1 Å². The number of ether oxygens (including phenoxy) is 1. The van der Waals surface area contributed by atoms with E-state index in [1.54, 1.807) is 45.0 Å². The number of carbonyl (C=O) groups excluding carboxylic acids is 1. The molecule has 0 saturated carbocycles. The van der Waals surface area contributed by atoms with Gasteiger partial charge in [-0.15, -0.1) is 0 Å². The molecule has 0 unspecified atom stereocenters. The molecule has 8 nitrogen and oxygen atoms in total. The van der Waals surface area contributed by atoms with E-state index in [1.165, 1.54) is 18.5 Å². The molecule has 0 aliphatic heterocycles. The molecule has 9 heteroatoms. The van der Waals surface area contributed by atoms with Gasteiger partial charge in [-0.25, -0.2) is 27.2 Å². The maximum absolute atomic E-state index is 12.7. The van der Waals surface area contributed by atoms with Crippen LogP contribution in [-0.2, 0) is 20.5 Å². The fraction of sp³-hybridized carbons (Fsp3) is 0.278. The van der Waals surface area contributed by atoms with Crippen LogP contribution in [-0.4, -0.2) is 34.1 Å². The predicted molar refractivity (Wildman–Crippen MR) is 102 cm³/mol. The lowest BCUT2D eigenvalue weighted by Gasteiger charge is -2.19. The van der Waals surface area contributed by atoms with Crippen LogP contribution in [0.15, 0.2) is 48.8 Å². The Morgan fingerprint density at radius 3 is 2.56 bits per heavy atom. The molecular formula is C18H20N4O4S. The predicted octanol–water partition coefficient (Wildman–Crippen LogP) is 3.16. The van der Waals surface area contributed by atoms with Gasteiger partial charge >= 0.3 is 6.09 Å². The summed E-state index contributed by atoms with van der Waals surface area (Å²) >= 11 is 0. The van der Waals surface area contributed by atoms with Gasteiger partial charge in [0, 0.05) is 6.20 Å². The summed E-state index contributed by atoms with van der Waals surface area (Å²) in [6.07, 6.45) is 2.04. The Bertz CT molecular complexity index is 1070. The first-order valence-corrected chi connectivity index (χ1v) is 9.86. The highest BCUT2D eigenvalue weighted by Crippen LogP contribution is 2.19. The van der Waals surface area contributed by atoms with Crippen LogP contribution < -0.4 is 5.32 Å². The van der Waals surface area contributed by atoms with E-state index in [-0.39, 0.29) is 17.2 Å². The summed E-state index contributed by atoms with van der Waals surface area (Å²) < 4.78 is 31.7.